The van der Waals surface area contributed by atoms with Gasteiger partial charge in [0.25, 0.3) is 10.0 Å². The minimum absolute atomic E-state index is 0.0164. The van der Waals surface area contributed by atoms with E-state index in [1.54, 1.807) is 17.0 Å². The van der Waals surface area contributed by atoms with Gasteiger partial charge in [0.1, 0.15) is 17.3 Å². The van der Waals surface area contributed by atoms with Crippen LogP contribution in [-0.4, -0.2) is 44.4 Å². The fourth-order valence-corrected chi connectivity index (χ4v) is 5.86. The molecule has 0 aliphatic carbocycles. The Labute approximate surface area is 181 Å². The van der Waals surface area contributed by atoms with Crippen molar-refractivity contribution in [3.05, 3.63) is 54.3 Å². The van der Waals surface area contributed by atoms with Gasteiger partial charge in [-0.1, -0.05) is 19.1 Å². The van der Waals surface area contributed by atoms with E-state index in [0.717, 1.165) is 37.8 Å². The van der Waals surface area contributed by atoms with Crippen LogP contribution in [-0.2, 0) is 14.8 Å². The van der Waals surface area contributed by atoms with Crippen molar-refractivity contribution in [1.82, 2.24) is 4.90 Å². The van der Waals surface area contributed by atoms with Gasteiger partial charge in [0.2, 0.25) is 5.91 Å². The number of amides is 3. The number of likely N-dealkylation sites (tertiary alicyclic amines) is 1. The van der Waals surface area contributed by atoms with E-state index in [4.69, 9.17) is 0 Å². The summed E-state index contributed by atoms with van der Waals surface area (Å²) in [5.41, 5.74) is 0.187. The molecule has 31 heavy (non-hydrogen) atoms. The first-order chi connectivity index (χ1) is 14.8. The molecule has 1 fully saturated rings. The number of piperidine rings is 1. The number of nitrogens with zero attached hydrogens (tertiary/aromatic N) is 3. The highest BCUT2D eigenvalue weighted by atomic mass is 32.2. The van der Waals surface area contributed by atoms with Gasteiger partial charge in [-0.25, -0.2) is 17.6 Å². The zero-order valence-corrected chi connectivity index (χ0v) is 18.0. The lowest BCUT2D eigenvalue weighted by Gasteiger charge is -2.39. The van der Waals surface area contributed by atoms with E-state index < -0.39 is 21.9 Å². The summed E-state index contributed by atoms with van der Waals surface area (Å²) in [6.45, 7) is 2.39. The average Bonchev–Trinajstić information content (AvgIpc) is 2.77. The molecule has 0 N–H and O–H groups in total. The van der Waals surface area contributed by atoms with E-state index in [9.17, 15) is 22.4 Å². The van der Waals surface area contributed by atoms with Gasteiger partial charge in [-0.3, -0.25) is 9.69 Å². The van der Waals surface area contributed by atoms with Crippen LogP contribution in [0.25, 0.3) is 0 Å². The minimum atomic E-state index is -4.21. The van der Waals surface area contributed by atoms with Crippen LogP contribution in [0.2, 0.25) is 0 Å². The largest absolute Gasteiger partial charge is 0.343 e. The Balaban J connectivity index is 1.74. The third kappa shape index (κ3) is 3.78. The van der Waals surface area contributed by atoms with Crippen LogP contribution < -0.4 is 9.21 Å². The number of rotatable bonds is 4. The molecule has 2 aromatic carbocycles. The lowest BCUT2D eigenvalue weighted by molar-refractivity contribution is -0.133. The van der Waals surface area contributed by atoms with Crippen molar-refractivity contribution < 1.29 is 22.4 Å². The molecule has 2 aliphatic heterocycles. The number of benzene rings is 2. The second-order valence-corrected chi connectivity index (χ2v) is 9.48. The van der Waals surface area contributed by atoms with Crippen LogP contribution in [0.15, 0.2) is 53.4 Å². The summed E-state index contributed by atoms with van der Waals surface area (Å²) >= 11 is 0. The number of anilines is 2. The quantitative estimate of drug-likeness (QED) is 0.718. The summed E-state index contributed by atoms with van der Waals surface area (Å²) in [5, 5.41) is 0. The first-order valence-corrected chi connectivity index (χ1v) is 11.8. The lowest BCUT2D eigenvalue weighted by Crippen LogP contribution is -2.55. The summed E-state index contributed by atoms with van der Waals surface area (Å²) in [7, 11) is -4.21. The van der Waals surface area contributed by atoms with Gasteiger partial charge in [-0.2, -0.15) is 4.31 Å². The maximum Gasteiger partial charge on any atom is 0.343 e. The molecule has 0 bridgehead atoms. The second-order valence-electron chi connectivity index (χ2n) is 7.73. The monoisotopic (exact) mass is 445 g/mol. The molecular formula is C22H24FN3O4S. The topological polar surface area (TPSA) is 78.0 Å². The van der Waals surface area contributed by atoms with E-state index in [0.29, 0.717) is 10.8 Å². The van der Waals surface area contributed by atoms with Crippen molar-refractivity contribution >= 4 is 33.3 Å². The predicted octanol–water partition coefficient (Wildman–Crippen LogP) is 3.75. The van der Waals surface area contributed by atoms with Crippen LogP contribution in [0, 0.1) is 5.82 Å². The van der Waals surface area contributed by atoms with Crippen molar-refractivity contribution in [3.63, 3.8) is 0 Å². The number of hydrogen-bond donors (Lipinski definition) is 0. The van der Waals surface area contributed by atoms with E-state index in [-0.39, 0.29) is 34.8 Å². The summed E-state index contributed by atoms with van der Waals surface area (Å²) in [6.07, 6.45) is 3.71. The smallest absolute Gasteiger partial charge is 0.338 e. The molecule has 0 spiro atoms. The van der Waals surface area contributed by atoms with E-state index >= 15 is 0 Å². The minimum Gasteiger partial charge on any atom is -0.338 e. The molecule has 1 saturated heterocycles. The van der Waals surface area contributed by atoms with Gasteiger partial charge in [-0.05, 0) is 62.1 Å². The summed E-state index contributed by atoms with van der Waals surface area (Å²) in [6, 6.07) is 10.0. The van der Waals surface area contributed by atoms with E-state index in [1.165, 1.54) is 29.2 Å². The average molecular weight is 446 g/mol. The van der Waals surface area contributed by atoms with Gasteiger partial charge < -0.3 is 4.90 Å². The number of halogens is 1. The molecule has 2 aliphatic rings. The molecule has 2 heterocycles. The van der Waals surface area contributed by atoms with Crippen molar-refractivity contribution in [2.75, 3.05) is 22.3 Å². The Morgan fingerprint density at radius 2 is 1.81 bits per heavy atom. The zero-order valence-electron chi connectivity index (χ0n) is 17.2. The van der Waals surface area contributed by atoms with Gasteiger partial charge in [0.15, 0.2) is 0 Å². The molecule has 0 saturated carbocycles. The normalized spacial score (nSPS) is 20.5. The Kier molecular flexibility index (Phi) is 5.70. The third-order valence-corrected chi connectivity index (χ3v) is 7.60. The van der Waals surface area contributed by atoms with E-state index in [2.05, 4.69) is 0 Å². The first-order valence-electron chi connectivity index (χ1n) is 10.4. The number of fused-ring (bicyclic) bond motifs is 1. The van der Waals surface area contributed by atoms with Crippen molar-refractivity contribution in [2.45, 2.75) is 43.5 Å². The summed E-state index contributed by atoms with van der Waals surface area (Å²) < 4.78 is 40.5. The molecular weight excluding hydrogens is 421 g/mol. The van der Waals surface area contributed by atoms with Crippen LogP contribution in [0.4, 0.5) is 20.6 Å². The Morgan fingerprint density at radius 3 is 2.52 bits per heavy atom. The fraction of sp³-hybridized carbons (Fsp3) is 0.364. The number of carbonyl (C=O) groups excluding carboxylic acids is 2. The van der Waals surface area contributed by atoms with Crippen LogP contribution in [0.5, 0.6) is 0 Å². The fourth-order valence-electron chi connectivity index (χ4n) is 4.27. The van der Waals surface area contributed by atoms with Crippen molar-refractivity contribution in [1.29, 1.82) is 0 Å². The molecule has 164 valence electrons. The molecule has 9 heteroatoms. The number of carbonyl (C=O) groups is 2. The highest BCUT2D eigenvalue weighted by Gasteiger charge is 2.43. The van der Waals surface area contributed by atoms with Crippen LogP contribution in [0.1, 0.15) is 32.6 Å². The Bertz CT molecular complexity index is 1100. The van der Waals surface area contributed by atoms with Crippen molar-refractivity contribution in [3.8, 4) is 0 Å². The third-order valence-electron chi connectivity index (χ3n) is 5.85. The molecule has 4 rings (SSSR count). The summed E-state index contributed by atoms with van der Waals surface area (Å²) in [4.78, 5) is 29.4. The maximum absolute atomic E-state index is 13.4. The van der Waals surface area contributed by atoms with E-state index in [1.807, 2.05) is 6.92 Å². The molecule has 0 unspecified atom stereocenters. The Morgan fingerprint density at radius 1 is 1.10 bits per heavy atom. The van der Waals surface area contributed by atoms with Gasteiger partial charge in [-0.15, -0.1) is 0 Å². The number of sulfonamides is 1. The highest BCUT2D eigenvalue weighted by Crippen LogP contribution is 2.37. The van der Waals surface area contributed by atoms with Gasteiger partial charge in [0, 0.05) is 12.6 Å². The second kappa shape index (κ2) is 8.30. The van der Waals surface area contributed by atoms with Crippen LogP contribution in [0.3, 0.4) is 0 Å². The predicted molar refractivity (Wildman–Crippen MR) is 115 cm³/mol. The highest BCUT2D eigenvalue weighted by molar-refractivity contribution is 7.94. The maximum atomic E-state index is 13.4. The molecule has 3 amide bonds. The molecule has 0 radical (unpaired) electrons. The Hall–Kier alpha value is -2.94. The molecule has 7 nitrogen and oxygen atoms in total. The van der Waals surface area contributed by atoms with Crippen molar-refractivity contribution in [2.24, 2.45) is 0 Å². The lowest BCUT2D eigenvalue weighted by atomic mass is 10.00. The molecule has 1 atom stereocenters. The van der Waals surface area contributed by atoms with Gasteiger partial charge >= 0.3 is 6.03 Å². The zero-order chi connectivity index (χ0) is 22.2. The van der Waals surface area contributed by atoms with Gasteiger partial charge in [0.05, 0.1) is 11.4 Å². The van der Waals surface area contributed by atoms with Crippen LogP contribution >= 0.6 is 0 Å². The number of para-hydroxylation sites is 1. The summed E-state index contributed by atoms with van der Waals surface area (Å²) in [5.74, 6) is -0.762. The molecule has 0 aromatic heterocycles. The first kappa shape index (κ1) is 21.3. The molecule has 2 aromatic rings. The standard InChI is InChI=1S/C22H24FN3O4S/c1-2-17-7-5-6-14-24(17)21(27)15-25-19-8-3-4-9-20(19)31(29,30)26(22(25)28)18-12-10-16(23)11-13-18/h3-4,8-13,17H,2,5-7,14-15H2,1H3/t17-/m0/s1. The SMILES string of the molecule is CC[C@H]1CCCCN1C(=O)CN1C(=O)N(c2ccc(F)cc2)S(=O)(=O)c2ccccc21. The number of urea groups is 1. The number of hydrogen-bond acceptors (Lipinski definition) is 4.